The van der Waals surface area contributed by atoms with Gasteiger partial charge >= 0.3 is 0 Å². The van der Waals surface area contributed by atoms with Crippen molar-refractivity contribution in [1.29, 1.82) is 0 Å². The van der Waals surface area contributed by atoms with Crippen LogP contribution in [0.5, 0.6) is 0 Å². The lowest BCUT2D eigenvalue weighted by Crippen LogP contribution is -2.31. The monoisotopic (exact) mass is 387 g/mol. The molecule has 150 valence electrons. The SMILES string of the molecule is CC1OC(c2ccc([C@@H]3CC[C@H](N[C@H](C)c4cccc5ccccc45)C3)cc2)O1. The molecule has 3 heteroatoms. The molecule has 3 aromatic rings. The van der Waals surface area contributed by atoms with E-state index in [2.05, 4.69) is 79.0 Å². The highest BCUT2D eigenvalue weighted by Crippen LogP contribution is 2.37. The molecule has 1 saturated heterocycles. The van der Waals surface area contributed by atoms with Crippen LogP contribution in [0.1, 0.15) is 68.1 Å². The van der Waals surface area contributed by atoms with Gasteiger partial charge in [-0.2, -0.15) is 0 Å². The van der Waals surface area contributed by atoms with E-state index in [4.69, 9.17) is 9.47 Å². The van der Waals surface area contributed by atoms with Crippen LogP contribution in [0.2, 0.25) is 0 Å². The summed E-state index contributed by atoms with van der Waals surface area (Å²) in [6.45, 7) is 4.22. The normalized spacial score (nSPS) is 27.7. The Labute approximate surface area is 173 Å². The van der Waals surface area contributed by atoms with Gasteiger partial charge in [-0.3, -0.25) is 0 Å². The van der Waals surface area contributed by atoms with Crippen molar-refractivity contribution in [1.82, 2.24) is 5.32 Å². The van der Waals surface area contributed by atoms with Crippen LogP contribution in [-0.2, 0) is 9.47 Å². The minimum Gasteiger partial charge on any atom is -0.320 e. The fourth-order valence-electron chi connectivity index (χ4n) is 4.95. The van der Waals surface area contributed by atoms with E-state index in [1.54, 1.807) is 0 Å². The fraction of sp³-hybridized carbons (Fsp3) is 0.385. The van der Waals surface area contributed by atoms with Gasteiger partial charge in [0.1, 0.15) is 0 Å². The molecule has 1 saturated carbocycles. The second-order valence-corrected chi connectivity index (χ2v) is 8.50. The summed E-state index contributed by atoms with van der Waals surface area (Å²) in [5.74, 6) is 0.628. The van der Waals surface area contributed by atoms with Crippen LogP contribution < -0.4 is 5.32 Å². The summed E-state index contributed by atoms with van der Waals surface area (Å²) in [5, 5.41) is 6.57. The molecule has 29 heavy (non-hydrogen) atoms. The number of benzene rings is 3. The van der Waals surface area contributed by atoms with Crippen molar-refractivity contribution in [3.8, 4) is 0 Å². The Balaban J connectivity index is 1.23. The zero-order valence-corrected chi connectivity index (χ0v) is 17.2. The Kier molecular flexibility index (Phi) is 5.13. The molecular weight excluding hydrogens is 358 g/mol. The second kappa shape index (κ2) is 7.91. The smallest absolute Gasteiger partial charge is 0.189 e. The third-order valence-electron chi connectivity index (χ3n) is 6.52. The van der Waals surface area contributed by atoms with E-state index in [0.717, 1.165) is 5.56 Å². The summed E-state index contributed by atoms with van der Waals surface area (Å²) in [6.07, 6.45) is 3.41. The summed E-state index contributed by atoms with van der Waals surface area (Å²) in [5.41, 5.74) is 3.94. The van der Waals surface area contributed by atoms with Crippen molar-refractivity contribution < 1.29 is 9.47 Å². The lowest BCUT2D eigenvalue weighted by atomic mass is 9.95. The minimum atomic E-state index is -0.182. The largest absolute Gasteiger partial charge is 0.320 e. The lowest BCUT2D eigenvalue weighted by Gasteiger charge is -2.34. The minimum absolute atomic E-state index is 0.0786. The van der Waals surface area contributed by atoms with E-state index in [1.165, 1.54) is 41.2 Å². The number of nitrogens with one attached hydrogen (secondary N) is 1. The summed E-state index contributed by atoms with van der Waals surface area (Å²) >= 11 is 0. The summed E-state index contributed by atoms with van der Waals surface area (Å²) in [4.78, 5) is 0. The van der Waals surface area contributed by atoms with Gasteiger partial charge in [-0.1, -0.05) is 66.7 Å². The predicted molar refractivity (Wildman–Crippen MR) is 117 cm³/mol. The first-order valence-corrected chi connectivity index (χ1v) is 10.8. The molecule has 3 aromatic carbocycles. The number of ether oxygens (including phenoxy) is 2. The molecule has 3 nitrogen and oxygen atoms in total. The van der Waals surface area contributed by atoms with Gasteiger partial charge in [-0.15, -0.1) is 0 Å². The predicted octanol–water partition coefficient (Wildman–Crippen LogP) is 6.22. The molecule has 3 atom stereocenters. The number of fused-ring (bicyclic) bond motifs is 1. The maximum Gasteiger partial charge on any atom is 0.189 e. The molecule has 1 N–H and O–H groups in total. The van der Waals surface area contributed by atoms with Crippen LogP contribution in [0.3, 0.4) is 0 Å². The Bertz CT molecular complexity index is 972. The van der Waals surface area contributed by atoms with Crippen LogP contribution in [0.4, 0.5) is 0 Å². The standard InChI is InChI=1S/C26H29NO2/c1-17(24-9-5-7-20-6-3-4-8-25(20)24)27-23-15-14-22(16-23)19-10-12-21(13-11-19)26-28-18(2)29-26/h3-13,17-18,22-23,26-27H,14-16H2,1-2H3/t17-,18?,22-,23+,26?/m1/s1. The van der Waals surface area contributed by atoms with Crippen molar-refractivity contribution in [2.24, 2.45) is 0 Å². The van der Waals surface area contributed by atoms with Crippen LogP contribution in [-0.4, -0.2) is 12.3 Å². The maximum atomic E-state index is 5.59. The van der Waals surface area contributed by atoms with Gasteiger partial charge in [0.15, 0.2) is 12.6 Å². The molecule has 0 spiro atoms. The van der Waals surface area contributed by atoms with Crippen LogP contribution in [0.25, 0.3) is 10.8 Å². The van der Waals surface area contributed by atoms with E-state index < -0.39 is 0 Å². The maximum absolute atomic E-state index is 5.59. The molecule has 2 aliphatic rings. The number of rotatable bonds is 5. The van der Waals surface area contributed by atoms with E-state index in [0.29, 0.717) is 18.0 Å². The Morgan fingerprint density at radius 3 is 2.38 bits per heavy atom. The number of hydrogen-bond donors (Lipinski definition) is 1. The molecule has 2 fully saturated rings. The Morgan fingerprint density at radius 2 is 1.59 bits per heavy atom. The molecule has 0 radical (unpaired) electrons. The third-order valence-corrected chi connectivity index (χ3v) is 6.52. The molecule has 0 bridgehead atoms. The first-order valence-electron chi connectivity index (χ1n) is 10.8. The van der Waals surface area contributed by atoms with Gasteiger partial charge in [0.2, 0.25) is 0 Å². The zero-order chi connectivity index (χ0) is 19.8. The average molecular weight is 388 g/mol. The zero-order valence-electron chi connectivity index (χ0n) is 17.2. The highest BCUT2D eigenvalue weighted by molar-refractivity contribution is 5.86. The van der Waals surface area contributed by atoms with Crippen molar-refractivity contribution in [3.05, 3.63) is 83.4 Å². The van der Waals surface area contributed by atoms with Gasteiger partial charge in [-0.25, -0.2) is 0 Å². The van der Waals surface area contributed by atoms with Crippen LogP contribution in [0.15, 0.2) is 66.7 Å². The molecule has 0 aromatic heterocycles. The molecular formula is C26H29NO2. The van der Waals surface area contributed by atoms with Crippen molar-refractivity contribution in [3.63, 3.8) is 0 Å². The molecule has 0 unspecified atom stereocenters. The van der Waals surface area contributed by atoms with E-state index >= 15 is 0 Å². The first-order chi connectivity index (χ1) is 14.2. The fourth-order valence-corrected chi connectivity index (χ4v) is 4.95. The van der Waals surface area contributed by atoms with Crippen LogP contribution in [0, 0.1) is 0 Å². The molecule has 1 heterocycles. The van der Waals surface area contributed by atoms with E-state index in [1.807, 2.05) is 6.92 Å². The Hall–Kier alpha value is -2.20. The number of hydrogen-bond acceptors (Lipinski definition) is 3. The Morgan fingerprint density at radius 1 is 0.862 bits per heavy atom. The molecule has 0 amide bonds. The van der Waals surface area contributed by atoms with Gasteiger partial charge in [-0.05, 0) is 60.9 Å². The molecule has 1 aliphatic heterocycles. The average Bonchev–Trinajstić information content (AvgIpc) is 3.19. The summed E-state index contributed by atoms with van der Waals surface area (Å²) in [6, 6.07) is 25.0. The quantitative estimate of drug-likeness (QED) is 0.564. The van der Waals surface area contributed by atoms with Gasteiger partial charge in [0.05, 0.1) is 0 Å². The van der Waals surface area contributed by atoms with E-state index in [-0.39, 0.29) is 12.6 Å². The highest BCUT2D eigenvalue weighted by atomic mass is 16.9. The first kappa shape index (κ1) is 18.8. The summed E-state index contributed by atoms with van der Waals surface area (Å²) < 4.78 is 11.2. The van der Waals surface area contributed by atoms with Crippen molar-refractivity contribution in [2.45, 2.75) is 63.7 Å². The van der Waals surface area contributed by atoms with Crippen molar-refractivity contribution >= 4 is 10.8 Å². The van der Waals surface area contributed by atoms with Gasteiger partial charge in [0.25, 0.3) is 0 Å². The topological polar surface area (TPSA) is 30.5 Å². The second-order valence-electron chi connectivity index (χ2n) is 8.50. The van der Waals surface area contributed by atoms with E-state index in [9.17, 15) is 0 Å². The highest BCUT2D eigenvalue weighted by Gasteiger charge is 2.30. The molecule has 5 rings (SSSR count). The summed E-state index contributed by atoms with van der Waals surface area (Å²) in [7, 11) is 0. The lowest BCUT2D eigenvalue weighted by molar-refractivity contribution is -0.382. The molecule has 1 aliphatic carbocycles. The van der Waals surface area contributed by atoms with Crippen molar-refractivity contribution in [2.75, 3.05) is 0 Å². The third kappa shape index (κ3) is 3.83. The van der Waals surface area contributed by atoms with Gasteiger partial charge < -0.3 is 14.8 Å². The van der Waals surface area contributed by atoms with Crippen LogP contribution >= 0.6 is 0 Å². The van der Waals surface area contributed by atoms with Gasteiger partial charge in [0, 0.05) is 17.6 Å².